The van der Waals surface area contributed by atoms with Crippen LogP contribution in [0.4, 0.5) is 5.69 Å². The number of carbonyl (C=O) groups excluding carboxylic acids is 1. The first-order valence-corrected chi connectivity index (χ1v) is 6.26. The van der Waals surface area contributed by atoms with Crippen LogP contribution in [0.3, 0.4) is 0 Å². The minimum Gasteiger partial charge on any atom is -0.370 e. The standard InChI is InChI=1S/C15H21NO/c1-11-6-5-7-13(12(11)2)16-9-8-14(17)15(3,4)10-16/h5-7H,8-10H2,1-4H3. The predicted molar refractivity (Wildman–Crippen MR) is 71.5 cm³/mol. The van der Waals surface area contributed by atoms with Gasteiger partial charge in [-0.3, -0.25) is 4.79 Å². The van der Waals surface area contributed by atoms with Gasteiger partial charge in [0, 0.05) is 30.6 Å². The highest BCUT2D eigenvalue weighted by atomic mass is 16.1. The van der Waals surface area contributed by atoms with Crippen LogP contribution in [0, 0.1) is 19.3 Å². The van der Waals surface area contributed by atoms with Crippen LogP contribution in [0.25, 0.3) is 0 Å². The van der Waals surface area contributed by atoms with Crippen molar-refractivity contribution >= 4 is 11.5 Å². The highest BCUT2D eigenvalue weighted by molar-refractivity contribution is 5.86. The van der Waals surface area contributed by atoms with Crippen LogP contribution in [-0.2, 0) is 4.79 Å². The predicted octanol–water partition coefficient (Wildman–Crippen LogP) is 3.11. The molecule has 0 radical (unpaired) electrons. The molecule has 1 aromatic rings. The molecule has 1 aliphatic heterocycles. The molecule has 1 aliphatic rings. The fourth-order valence-electron chi connectivity index (χ4n) is 2.50. The van der Waals surface area contributed by atoms with E-state index in [2.05, 4.69) is 36.9 Å². The van der Waals surface area contributed by atoms with Gasteiger partial charge in [-0.2, -0.15) is 0 Å². The summed E-state index contributed by atoms with van der Waals surface area (Å²) < 4.78 is 0. The Labute approximate surface area is 104 Å². The molecule has 2 rings (SSSR count). The van der Waals surface area contributed by atoms with Crippen LogP contribution in [-0.4, -0.2) is 18.9 Å². The molecule has 0 saturated carbocycles. The zero-order valence-corrected chi connectivity index (χ0v) is 11.2. The van der Waals surface area contributed by atoms with Gasteiger partial charge in [0.25, 0.3) is 0 Å². The highest BCUT2D eigenvalue weighted by Gasteiger charge is 2.34. The second-order valence-electron chi connectivity index (χ2n) is 5.70. The smallest absolute Gasteiger partial charge is 0.142 e. The summed E-state index contributed by atoms with van der Waals surface area (Å²) in [5.41, 5.74) is 3.72. The van der Waals surface area contributed by atoms with Crippen LogP contribution in [0.5, 0.6) is 0 Å². The summed E-state index contributed by atoms with van der Waals surface area (Å²) in [6.07, 6.45) is 0.667. The van der Waals surface area contributed by atoms with E-state index < -0.39 is 0 Å². The van der Waals surface area contributed by atoms with E-state index in [0.29, 0.717) is 12.2 Å². The second-order valence-corrected chi connectivity index (χ2v) is 5.70. The number of aryl methyl sites for hydroxylation is 1. The number of Topliss-reactive ketones (excluding diaryl/α,β-unsaturated/α-hetero) is 1. The summed E-state index contributed by atoms with van der Waals surface area (Å²) in [5.74, 6) is 0.388. The van der Waals surface area contributed by atoms with Gasteiger partial charge < -0.3 is 4.90 Å². The number of anilines is 1. The summed E-state index contributed by atoms with van der Waals surface area (Å²) in [6, 6.07) is 6.40. The second kappa shape index (κ2) is 4.17. The maximum Gasteiger partial charge on any atom is 0.142 e. The number of carbonyl (C=O) groups is 1. The summed E-state index contributed by atoms with van der Waals surface area (Å²) in [5, 5.41) is 0. The third-order valence-corrected chi connectivity index (χ3v) is 3.87. The Morgan fingerprint density at radius 1 is 1.24 bits per heavy atom. The minimum atomic E-state index is -0.214. The topological polar surface area (TPSA) is 20.3 Å². The molecule has 92 valence electrons. The molecule has 1 heterocycles. The van der Waals surface area contributed by atoms with Crippen molar-refractivity contribution in [3.8, 4) is 0 Å². The number of rotatable bonds is 1. The number of piperidine rings is 1. The number of nitrogens with zero attached hydrogens (tertiary/aromatic N) is 1. The molecule has 0 aliphatic carbocycles. The van der Waals surface area contributed by atoms with Gasteiger partial charge in [-0.05, 0) is 31.0 Å². The maximum atomic E-state index is 11.8. The van der Waals surface area contributed by atoms with Gasteiger partial charge in [-0.15, -0.1) is 0 Å². The molecule has 0 atom stereocenters. The largest absolute Gasteiger partial charge is 0.370 e. The van der Waals surface area contributed by atoms with Crippen molar-refractivity contribution in [1.29, 1.82) is 0 Å². The van der Waals surface area contributed by atoms with Crippen LogP contribution in [0.1, 0.15) is 31.4 Å². The van der Waals surface area contributed by atoms with Crippen LogP contribution in [0.15, 0.2) is 18.2 Å². The molecule has 1 saturated heterocycles. The lowest BCUT2D eigenvalue weighted by atomic mass is 9.82. The third-order valence-electron chi connectivity index (χ3n) is 3.87. The number of benzene rings is 1. The fourth-order valence-corrected chi connectivity index (χ4v) is 2.50. The highest BCUT2D eigenvalue weighted by Crippen LogP contribution is 2.31. The van der Waals surface area contributed by atoms with Crippen LogP contribution < -0.4 is 4.90 Å². The van der Waals surface area contributed by atoms with Gasteiger partial charge in [0.2, 0.25) is 0 Å². The van der Waals surface area contributed by atoms with Crippen molar-refractivity contribution in [1.82, 2.24) is 0 Å². The maximum absolute atomic E-state index is 11.8. The van der Waals surface area contributed by atoms with Crippen LogP contribution >= 0.6 is 0 Å². The van der Waals surface area contributed by atoms with Crippen molar-refractivity contribution in [3.63, 3.8) is 0 Å². The van der Waals surface area contributed by atoms with Crippen molar-refractivity contribution < 1.29 is 4.79 Å². The third kappa shape index (κ3) is 2.21. The molecule has 0 N–H and O–H groups in total. The van der Waals surface area contributed by atoms with Crippen molar-refractivity contribution in [3.05, 3.63) is 29.3 Å². The lowest BCUT2D eigenvalue weighted by Crippen LogP contribution is -2.46. The Bertz CT molecular complexity index is 448. The number of hydrogen-bond donors (Lipinski definition) is 0. The van der Waals surface area contributed by atoms with Gasteiger partial charge in [0.05, 0.1) is 0 Å². The molecule has 1 fully saturated rings. The molecule has 1 aromatic carbocycles. The average molecular weight is 231 g/mol. The van der Waals surface area contributed by atoms with Crippen LogP contribution in [0.2, 0.25) is 0 Å². The van der Waals surface area contributed by atoms with Gasteiger partial charge in [0.15, 0.2) is 0 Å². The Kier molecular flexibility index (Phi) is 2.98. The first-order chi connectivity index (χ1) is 7.92. The van der Waals surface area contributed by atoms with E-state index in [-0.39, 0.29) is 5.41 Å². The Balaban J connectivity index is 2.30. The van der Waals surface area contributed by atoms with Gasteiger partial charge >= 0.3 is 0 Å². The molecular formula is C15H21NO. The first-order valence-electron chi connectivity index (χ1n) is 6.26. The Morgan fingerprint density at radius 3 is 2.59 bits per heavy atom. The molecule has 2 nitrogen and oxygen atoms in total. The molecule has 0 bridgehead atoms. The van der Waals surface area contributed by atoms with Gasteiger partial charge in [0.1, 0.15) is 5.78 Å². The molecule has 0 amide bonds. The van der Waals surface area contributed by atoms with E-state index in [9.17, 15) is 4.79 Å². The first kappa shape index (κ1) is 12.2. The van der Waals surface area contributed by atoms with E-state index in [4.69, 9.17) is 0 Å². The summed E-state index contributed by atoms with van der Waals surface area (Å²) in [6.45, 7) is 10.1. The Morgan fingerprint density at radius 2 is 1.94 bits per heavy atom. The minimum absolute atomic E-state index is 0.214. The summed E-state index contributed by atoms with van der Waals surface area (Å²) in [7, 11) is 0. The fraction of sp³-hybridized carbons (Fsp3) is 0.533. The number of ketones is 1. The summed E-state index contributed by atoms with van der Waals surface area (Å²) >= 11 is 0. The quantitative estimate of drug-likeness (QED) is 0.740. The SMILES string of the molecule is Cc1cccc(N2CCC(=O)C(C)(C)C2)c1C. The van der Waals surface area contributed by atoms with Crippen molar-refractivity contribution in [2.45, 2.75) is 34.1 Å². The van der Waals surface area contributed by atoms with Gasteiger partial charge in [-0.1, -0.05) is 26.0 Å². The monoisotopic (exact) mass is 231 g/mol. The lowest BCUT2D eigenvalue weighted by Gasteiger charge is -2.39. The molecule has 0 aromatic heterocycles. The normalized spacial score (nSPS) is 19.5. The molecule has 2 heteroatoms. The van der Waals surface area contributed by atoms with E-state index in [1.54, 1.807) is 0 Å². The van der Waals surface area contributed by atoms with Crippen molar-refractivity contribution in [2.24, 2.45) is 5.41 Å². The molecule has 17 heavy (non-hydrogen) atoms. The van der Waals surface area contributed by atoms with Gasteiger partial charge in [-0.25, -0.2) is 0 Å². The number of hydrogen-bond acceptors (Lipinski definition) is 2. The zero-order chi connectivity index (χ0) is 12.6. The van der Waals surface area contributed by atoms with E-state index in [0.717, 1.165) is 13.1 Å². The zero-order valence-electron chi connectivity index (χ0n) is 11.2. The molecule has 0 unspecified atom stereocenters. The molecular weight excluding hydrogens is 210 g/mol. The molecule has 0 spiro atoms. The van der Waals surface area contributed by atoms with Crippen molar-refractivity contribution in [2.75, 3.05) is 18.0 Å². The Hall–Kier alpha value is -1.31. The lowest BCUT2D eigenvalue weighted by molar-refractivity contribution is -0.127. The van der Waals surface area contributed by atoms with E-state index in [1.807, 2.05) is 13.8 Å². The average Bonchev–Trinajstić information content (AvgIpc) is 2.26. The van der Waals surface area contributed by atoms with E-state index >= 15 is 0 Å². The van der Waals surface area contributed by atoms with E-state index in [1.165, 1.54) is 16.8 Å². The summed E-state index contributed by atoms with van der Waals surface area (Å²) in [4.78, 5) is 14.2.